The maximum atomic E-state index is 13.8. The highest BCUT2D eigenvalue weighted by Crippen LogP contribution is 2.51. The summed E-state index contributed by atoms with van der Waals surface area (Å²) in [6.07, 6.45) is 8.49. The van der Waals surface area contributed by atoms with E-state index in [1.54, 1.807) is 24.3 Å². The van der Waals surface area contributed by atoms with Crippen LogP contribution in [0.5, 0.6) is 28.7 Å². The summed E-state index contributed by atoms with van der Waals surface area (Å²) in [5, 5.41) is 13.3. The number of nitrogens with one attached hydrogen (secondary N) is 1. The van der Waals surface area contributed by atoms with Gasteiger partial charge in [-0.05, 0) is 41.9 Å². The number of carbonyl (C=O) groups is 1. The Hall–Kier alpha value is -3.70. The Morgan fingerprint density at radius 3 is 1.95 bits per heavy atom. The number of anilines is 1. The first-order valence-electron chi connectivity index (χ1n) is 14.4. The fraction of sp³-hybridized carbons (Fsp3) is 0.469. The van der Waals surface area contributed by atoms with Crippen molar-refractivity contribution in [3.63, 3.8) is 0 Å². The number of unbranched alkanes of at least 4 members (excludes halogenated alkanes) is 6. The highest BCUT2D eigenvalue weighted by Gasteiger charge is 2.28. The van der Waals surface area contributed by atoms with Gasteiger partial charge >= 0.3 is 0 Å². The minimum Gasteiger partial charge on any atom is -0.496 e. The summed E-state index contributed by atoms with van der Waals surface area (Å²) in [6, 6.07) is 8.11. The first-order chi connectivity index (χ1) is 20.9. The maximum Gasteiger partial charge on any atom is 0.220 e. The molecule has 11 heteroatoms. The Bertz CT molecular complexity index is 1370. The van der Waals surface area contributed by atoms with Gasteiger partial charge in [-0.2, -0.15) is 0 Å². The Labute approximate surface area is 257 Å². The Kier molecular flexibility index (Phi) is 13.2. The molecule has 0 amide bonds. The van der Waals surface area contributed by atoms with Crippen molar-refractivity contribution in [2.75, 3.05) is 41.0 Å². The average Bonchev–Trinajstić information content (AvgIpc) is 3.04. The lowest BCUT2D eigenvalue weighted by Gasteiger charge is -2.23. The van der Waals surface area contributed by atoms with Crippen LogP contribution < -0.4 is 29.2 Å². The smallest absolute Gasteiger partial charge is 0.220 e. The van der Waals surface area contributed by atoms with Gasteiger partial charge < -0.3 is 23.7 Å². The van der Waals surface area contributed by atoms with Crippen molar-refractivity contribution in [3.05, 3.63) is 46.4 Å². The maximum absolute atomic E-state index is 13.8. The molecule has 2 N–H and O–H groups in total. The zero-order valence-corrected chi connectivity index (χ0v) is 26.6. The first-order valence-corrected chi connectivity index (χ1v) is 15.3. The van der Waals surface area contributed by atoms with Gasteiger partial charge in [-0.1, -0.05) is 63.6 Å². The van der Waals surface area contributed by atoms with Crippen LogP contribution in [0.15, 0.2) is 35.5 Å². The molecule has 3 rings (SSSR count). The van der Waals surface area contributed by atoms with Crippen LogP contribution in [0.2, 0.25) is 0 Å². The molecule has 0 saturated carbocycles. The van der Waals surface area contributed by atoms with Crippen molar-refractivity contribution in [1.82, 2.24) is 0 Å². The number of carbonyl (C=O) groups excluding carboxylic acids is 1. The van der Waals surface area contributed by atoms with Crippen molar-refractivity contribution in [2.24, 2.45) is 5.18 Å². The van der Waals surface area contributed by atoms with Gasteiger partial charge in [-0.25, -0.2) is 0 Å². The molecular formula is C32H42N2O8S. The average molecular weight is 615 g/mol. The van der Waals surface area contributed by atoms with Crippen LogP contribution in [-0.2, 0) is 0 Å². The number of nitrogens with zero attached hydrogens (tertiary/aromatic N) is 1. The number of hydrogen-bond acceptors (Lipinski definition) is 11. The van der Waals surface area contributed by atoms with Crippen molar-refractivity contribution in [1.29, 1.82) is 0 Å². The number of hydrogen-bond donors (Lipinski definition) is 2. The number of ether oxygens (including phenoxy) is 5. The van der Waals surface area contributed by atoms with Gasteiger partial charge in [0.1, 0.15) is 17.2 Å². The summed E-state index contributed by atoms with van der Waals surface area (Å²) >= 11 is 1.16. The fourth-order valence-corrected chi connectivity index (χ4v) is 6.35. The Morgan fingerprint density at radius 1 is 0.814 bits per heavy atom. The third-order valence-electron chi connectivity index (χ3n) is 7.41. The molecule has 234 valence electrons. The molecule has 0 heterocycles. The van der Waals surface area contributed by atoms with Gasteiger partial charge in [-0.3, -0.25) is 15.5 Å². The molecule has 3 aromatic rings. The molecule has 0 fully saturated rings. The number of methoxy groups -OCH3 is 5. The lowest BCUT2D eigenvalue weighted by molar-refractivity contribution is 0.108. The molecule has 1 unspecified atom stereocenters. The lowest BCUT2D eigenvalue weighted by atomic mass is 9.96. The van der Waals surface area contributed by atoms with Crippen molar-refractivity contribution in [2.45, 2.75) is 63.5 Å². The molecule has 1 atom stereocenters. The standard InChI is InChI=1S/C32H42N2O8S/c1-7-8-9-10-11-12-13-14-27(43-32(35)20-17-25(39-3)31(42-6)26(18-20)40-4)21-19-24(38-2)28-22(33-36)15-16-23(34-37)29(28)30(21)41-5/h15-19,27,33,36H,7-14H2,1-6H3. The minimum atomic E-state index is -0.360. The molecule has 10 nitrogen and oxygen atoms in total. The van der Waals surface area contributed by atoms with Gasteiger partial charge in [0.25, 0.3) is 0 Å². The monoisotopic (exact) mass is 614 g/mol. The molecule has 0 aliphatic rings. The van der Waals surface area contributed by atoms with Crippen LogP contribution in [0.25, 0.3) is 10.8 Å². The molecule has 0 aliphatic carbocycles. The second-order valence-electron chi connectivity index (χ2n) is 10.0. The molecule has 0 aliphatic heterocycles. The number of thioether (sulfide) groups is 1. The summed E-state index contributed by atoms with van der Waals surface area (Å²) in [6.45, 7) is 2.20. The van der Waals surface area contributed by atoms with Crippen LogP contribution in [0, 0.1) is 4.91 Å². The van der Waals surface area contributed by atoms with Crippen LogP contribution in [0.4, 0.5) is 11.4 Å². The lowest BCUT2D eigenvalue weighted by Crippen LogP contribution is -2.06. The van der Waals surface area contributed by atoms with Crippen LogP contribution >= 0.6 is 11.8 Å². The third kappa shape index (κ3) is 7.83. The molecule has 0 aromatic heterocycles. The van der Waals surface area contributed by atoms with Gasteiger partial charge in [0.15, 0.2) is 11.5 Å². The quantitative estimate of drug-likeness (QED) is 0.0815. The number of rotatable bonds is 18. The van der Waals surface area contributed by atoms with Crippen LogP contribution in [-0.4, -0.2) is 45.9 Å². The van der Waals surface area contributed by atoms with E-state index < -0.39 is 0 Å². The topological polar surface area (TPSA) is 125 Å². The van der Waals surface area contributed by atoms with E-state index in [2.05, 4.69) is 17.6 Å². The number of nitroso groups, excluding NO2 is 1. The highest BCUT2D eigenvalue weighted by molar-refractivity contribution is 8.14. The number of fused-ring (bicyclic) bond motifs is 1. The van der Waals surface area contributed by atoms with Gasteiger partial charge in [0, 0.05) is 16.4 Å². The molecule has 43 heavy (non-hydrogen) atoms. The molecule has 0 spiro atoms. The van der Waals surface area contributed by atoms with E-state index in [9.17, 15) is 14.9 Å². The summed E-state index contributed by atoms with van der Waals surface area (Å²) < 4.78 is 28.0. The Balaban J connectivity index is 2.11. The van der Waals surface area contributed by atoms with E-state index in [4.69, 9.17) is 23.7 Å². The van der Waals surface area contributed by atoms with Crippen LogP contribution in [0.3, 0.4) is 0 Å². The number of benzene rings is 3. The van der Waals surface area contributed by atoms with Crippen molar-refractivity contribution in [3.8, 4) is 28.7 Å². The van der Waals surface area contributed by atoms with Crippen molar-refractivity contribution < 1.29 is 33.7 Å². The van der Waals surface area contributed by atoms with E-state index in [0.29, 0.717) is 62.8 Å². The normalized spacial score (nSPS) is 11.6. The van der Waals surface area contributed by atoms with Gasteiger partial charge in [0.05, 0.1) is 52.0 Å². The van der Waals surface area contributed by atoms with Gasteiger partial charge in [0.2, 0.25) is 10.9 Å². The van der Waals surface area contributed by atoms with E-state index in [1.807, 2.05) is 0 Å². The molecule has 3 aromatic carbocycles. The van der Waals surface area contributed by atoms with Crippen LogP contribution in [0.1, 0.15) is 79.5 Å². The second-order valence-corrected chi connectivity index (χ2v) is 11.2. The largest absolute Gasteiger partial charge is 0.496 e. The van der Waals surface area contributed by atoms with Crippen molar-refractivity contribution >= 4 is 39.0 Å². The Morgan fingerprint density at radius 2 is 1.42 bits per heavy atom. The SMILES string of the molecule is CCCCCCCCCC(SC(=O)c1cc(OC)c(OC)c(OC)c1)c1cc(OC)c2c(NO)ccc(N=O)c2c1OC. The van der Waals surface area contributed by atoms with E-state index >= 15 is 0 Å². The molecule has 0 saturated heterocycles. The third-order valence-corrected chi connectivity index (χ3v) is 8.64. The second kappa shape index (κ2) is 16.8. The summed E-state index contributed by atoms with van der Waals surface area (Å²) in [4.78, 5) is 25.7. The summed E-state index contributed by atoms with van der Waals surface area (Å²) in [5.74, 6) is 1.95. The predicted molar refractivity (Wildman–Crippen MR) is 171 cm³/mol. The molecular weight excluding hydrogens is 572 g/mol. The van der Waals surface area contributed by atoms with Gasteiger partial charge in [-0.15, -0.1) is 4.91 Å². The predicted octanol–water partition coefficient (Wildman–Crippen LogP) is 8.84. The van der Waals surface area contributed by atoms with E-state index in [0.717, 1.165) is 31.0 Å². The van der Waals surface area contributed by atoms with E-state index in [-0.39, 0.29) is 16.1 Å². The summed E-state index contributed by atoms with van der Waals surface area (Å²) in [5.41, 5.74) is 3.70. The molecule has 0 radical (unpaired) electrons. The molecule has 0 bridgehead atoms. The minimum absolute atomic E-state index is 0.127. The highest BCUT2D eigenvalue weighted by atomic mass is 32.2. The zero-order chi connectivity index (χ0) is 31.4. The zero-order valence-electron chi connectivity index (χ0n) is 25.8. The first kappa shape index (κ1) is 33.8. The fourth-order valence-electron chi connectivity index (χ4n) is 5.25. The van der Waals surface area contributed by atoms with E-state index in [1.165, 1.54) is 67.3 Å². The summed E-state index contributed by atoms with van der Waals surface area (Å²) in [7, 11) is 7.53.